The van der Waals surface area contributed by atoms with Gasteiger partial charge in [0, 0.05) is 105 Å². The zero-order valence-electron chi connectivity index (χ0n) is 41.0. The van der Waals surface area contributed by atoms with Crippen LogP contribution in [0.5, 0.6) is 0 Å². The van der Waals surface area contributed by atoms with Gasteiger partial charge in [0.2, 0.25) is 11.8 Å². The molecule has 366 valence electrons. The highest BCUT2D eigenvalue weighted by atomic mass is 32.1. The summed E-state index contributed by atoms with van der Waals surface area (Å²) in [6.07, 6.45) is 4.71. The number of carbonyl (C=O) groups excluding carboxylic acids is 5. The number of nitrogens with one attached hydrogen (secondary N) is 3. The van der Waals surface area contributed by atoms with Gasteiger partial charge in [-0.25, -0.2) is 15.2 Å². The minimum atomic E-state index is -1.08. The van der Waals surface area contributed by atoms with Crippen LogP contribution in [0.3, 0.4) is 0 Å². The Morgan fingerprint density at radius 1 is 1.09 bits per heavy atom. The van der Waals surface area contributed by atoms with Crippen molar-refractivity contribution in [1.82, 2.24) is 50.3 Å². The number of esters is 1. The lowest BCUT2D eigenvalue weighted by molar-refractivity contribution is -0.155. The van der Waals surface area contributed by atoms with Crippen LogP contribution in [0.25, 0.3) is 33.4 Å². The third-order valence-corrected chi connectivity index (χ3v) is 14.9. The number of methoxy groups -OCH3 is 1. The van der Waals surface area contributed by atoms with Crippen LogP contribution in [0.2, 0.25) is 0 Å². The maximum Gasteiger partial charge on any atom is 0.324 e. The van der Waals surface area contributed by atoms with E-state index in [1.54, 1.807) is 37.2 Å². The topological polar surface area (TPSA) is 193 Å². The highest BCUT2D eigenvalue weighted by Crippen LogP contribution is 2.42. The molecule has 5 amide bonds. The molecule has 4 aliphatic rings. The highest BCUT2D eigenvalue weighted by molar-refractivity contribution is 7.10. The molecule has 0 spiro atoms. The smallest absolute Gasteiger partial charge is 0.324 e. The second kappa shape index (κ2) is 20.3. The van der Waals surface area contributed by atoms with Crippen molar-refractivity contribution in [2.24, 2.45) is 11.3 Å². The summed E-state index contributed by atoms with van der Waals surface area (Å²) in [5.41, 5.74) is 9.29. The van der Waals surface area contributed by atoms with Crippen LogP contribution in [0.1, 0.15) is 89.6 Å². The van der Waals surface area contributed by atoms with Crippen LogP contribution in [0.15, 0.2) is 41.9 Å². The number of amides is 5. The first kappa shape index (κ1) is 49.0. The van der Waals surface area contributed by atoms with Gasteiger partial charge in [0.25, 0.3) is 5.91 Å². The van der Waals surface area contributed by atoms with Crippen molar-refractivity contribution in [1.29, 1.82) is 0 Å². The van der Waals surface area contributed by atoms with E-state index in [1.807, 2.05) is 32.2 Å². The maximum absolute atomic E-state index is 14.7. The number of pyridine rings is 1. The van der Waals surface area contributed by atoms with E-state index in [-0.39, 0.29) is 49.1 Å². The number of hydrazine groups is 1. The Morgan fingerprint density at radius 3 is 2.57 bits per heavy atom. The second-order valence-electron chi connectivity index (χ2n) is 20.0. The number of likely N-dealkylation sites (tertiary alicyclic amines) is 1. The number of aromatic nitrogens is 3. The number of hydrogen-bond acceptors (Lipinski definition) is 12. The van der Waals surface area contributed by atoms with Crippen molar-refractivity contribution in [3.05, 3.63) is 58.2 Å². The van der Waals surface area contributed by atoms with E-state index >= 15 is 0 Å². The molecule has 8 rings (SSSR count). The monoisotopic (exact) mass is 952 g/mol. The number of piperidine rings is 1. The summed E-state index contributed by atoms with van der Waals surface area (Å²) in [5.74, 6) is -1.64. The lowest BCUT2D eigenvalue weighted by Gasteiger charge is -2.41. The van der Waals surface area contributed by atoms with Gasteiger partial charge in [-0.15, -0.1) is 11.3 Å². The van der Waals surface area contributed by atoms with Crippen molar-refractivity contribution in [2.75, 3.05) is 54.0 Å². The van der Waals surface area contributed by atoms with Gasteiger partial charge in [-0.3, -0.25) is 29.2 Å². The van der Waals surface area contributed by atoms with Gasteiger partial charge in [-0.05, 0) is 81.7 Å². The molecule has 3 saturated heterocycles. The number of likely N-dealkylation sites (N-methyl/N-ethyl adjacent to an activating group) is 2. The van der Waals surface area contributed by atoms with Gasteiger partial charge in [-0.1, -0.05) is 33.8 Å². The second-order valence-corrected chi connectivity index (χ2v) is 20.9. The van der Waals surface area contributed by atoms with E-state index in [1.165, 1.54) is 21.2 Å². The standard InChI is InChI=1S/C50H68N10O7S/c1-10-59-40-18-17-31-22-34(40)35(44(59)33-15-11-19-51-42(33)30(4)66-9)24-50(5,6)28-67-48(64)36-16-13-21-60(55-36)47(63)37(23-41-53-39(31)27-68-41)54-45(61)43(29(2)3)57(8)49(65)58-20-12-14-32(26-58)56(7)46(62)38-25-52-38/h11,15,17-19,22,27,29-30,32,36-38,43,52,55H,10,12-14,16,20-21,23-26,28H2,1-9H3,(H,54,61)/t30-,32+,36-,37-,38+,43-/m0/s1. The molecule has 6 atom stereocenters. The summed E-state index contributed by atoms with van der Waals surface area (Å²) in [7, 11) is 5.10. The van der Waals surface area contributed by atoms with Crippen molar-refractivity contribution in [3.63, 3.8) is 0 Å². The van der Waals surface area contributed by atoms with Crippen LogP contribution in [0, 0.1) is 11.3 Å². The molecule has 17 nitrogen and oxygen atoms in total. The van der Waals surface area contributed by atoms with Gasteiger partial charge in [0.15, 0.2) is 0 Å². The van der Waals surface area contributed by atoms with Gasteiger partial charge in [0.1, 0.15) is 18.1 Å². The number of nitrogens with zero attached hydrogens (tertiary/aromatic N) is 7. The van der Waals surface area contributed by atoms with Gasteiger partial charge in [0.05, 0.1) is 40.8 Å². The average molecular weight is 953 g/mol. The molecule has 68 heavy (non-hydrogen) atoms. The van der Waals surface area contributed by atoms with Gasteiger partial charge in [-0.2, -0.15) is 0 Å². The quantitative estimate of drug-likeness (QED) is 0.140. The number of benzene rings is 1. The van der Waals surface area contributed by atoms with Crippen molar-refractivity contribution >= 4 is 52.0 Å². The molecule has 3 fully saturated rings. The number of hydrogen-bond donors (Lipinski definition) is 3. The Balaban J connectivity index is 1.13. The molecule has 0 saturated carbocycles. The van der Waals surface area contributed by atoms with E-state index < -0.39 is 41.3 Å². The third-order valence-electron chi connectivity index (χ3n) is 14.0. The largest absolute Gasteiger partial charge is 0.464 e. The number of ether oxygens (including phenoxy) is 2. The first-order valence-corrected chi connectivity index (χ1v) is 25.0. The van der Waals surface area contributed by atoms with E-state index in [9.17, 15) is 24.0 Å². The number of aryl methyl sites for hydroxylation is 1. The fourth-order valence-corrected chi connectivity index (χ4v) is 11.0. The molecule has 6 bridgehead atoms. The van der Waals surface area contributed by atoms with Gasteiger partial charge < -0.3 is 39.4 Å². The fourth-order valence-electron chi connectivity index (χ4n) is 10.2. The summed E-state index contributed by atoms with van der Waals surface area (Å²) >= 11 is 1.41. The van der Waals surface area contributed by atoms with Crippen molar-refractivity contribution in [2.45, 2.75) is 123 Å². The number of rotatable bonds is 10. The summed E-state index contributed by atoms with van der Waals surface area (Å²) in [6, 6.07) is 7.02. The summed E-state index contributed by atoms with van der Waals surface area (Å²) in [4.78, 5) is 85.1. The lowest BCUT2D eigenvalue weighted by atomic mass is 9.84. The van der Waals surface area contributed by atoms with Crippen molar-refractivity contribution in [3.8, 4) is 22.5 Å². The average Bonchev–Trinajstić information content (AvgIpc) is 4.02. The van der Waals surface area contributed by atoms with E-state index in [4.69, 9.17) is 19.4 Å². The Morgan fingerprint density at radius 2 is 1.85 bits per heavy atom. The summed E-state index contributed by atoms with van der Waals surface area (Å²) in [5, 5.41) is 11.2. The lowest BCUT2D eigenvalue weighted by Crippen LogP contribution is -2.63. The molecular weight excluding hydrogens is 885 g/mol. The molecule has 4 aromatic rings. The van der Waals surface area contributed by atoms with E-state index in [0.717, 1.165) is 57.5 Å². The number of fused-ring (bicyclic) bond motifs is 6. The number of urea groups is 1. The molecule has 1 aromatic carbocycles. The third kappa shape index (κ3) is 10.1. The molecule has 0 aliphatic carbocycles. The molecule has 18 heteroatoms. The normalized spacial score (nSPS) is 22.9. The molecule has 3 N–H and O–H groups in total. The van der Waals surface area contributed by atoms with Crippen LogP contribution < -0.4 is 16.1 Å². The van der Waals surface area contributed by atoms with Crippen LogP contribution in [-0.4, -0.2) is 148 Å². The molecule has 0 unspecified atom stereocenters. The fraction of sp³-hybridized carbons (Fsp3) is 0.580. The highest BCUT2D eigenvalue weighted by Gasteiger charge is 2.41. The molecular formula is C50H68N10O7S. The minimum absolute atomic E-state index is 0.0220. The Kier molecular flexibility index (Phi) is 14.6. The predicted molar refractivity (Wildman–Crippen MR) is 260 cm³/mol. The van der Waals surface area contributed by atoms with Crippen LogP contribution in [-0.2, 0) is 48.0 Å². The zero-order chi connectivity index (χ0) is 48.6. The predicted octanol–water partition coefficient (Wildman–Crippen LogP) is 5.17. The Bertz CT molecular complexity index is 2540. The Labute approximate surface area is 403 Å². The first-order valence-electron chi connectivity index (χ1n) is 24.1. The SMILES string of the molecule is CCn1c(-c2cccnc2[C@H](C)OC)c2c3cc(ccc31)-c1csc(n1)C[C@H](NC(=O)[C@H](C(C)C)N(C)C(=O)N1CCC[C@@H](N(C)C(=O)[C@H]3CN3)C1)C(=O)N1CCC[C@H](N1)C(=O)OCC(C)(C)C2. The molecule has 3 aromatic heterocycles. The van der Waals surface area contributed by atoms with E-state index in [0.29, 0.717) is 57.0 Å². The summed E-state index contributed by atoms with van der Waals surface area (Å²) in [6.45, 7) is 14.7. The van der Waals surface area contributed by atoms with Crippen LogP contribution in [0.4, 0.5) is 4.79 Å². The number of carbonyl (C=O) groups is 5. The first-order chi connectivity index (χ1) is 32.5. The summed E-state index contributed by atoms with van der Waals surface area (Å²) < 4.78 is 14.3. The maximum atomic E-state index is 14.7. The van der Waals surface area contributed by atoms with E-state index in [2.05, 4.69) is 65.7 Å². The van der Waals surface area contributed by atoms with Gasteiger partial charge >= 0.3 is 12.0 Å². The molecule has 0 radical (unpaired) electrons. The van der Waals surface area contributed by atoms with Crippen LogP contribution >= 0.6 is 11.3 Å². The zero-order valence-corrected chi connectivity index (χ0v) is 41.8. The number of cyclic esters (lactones) is 1. The Hall–Kier alpha value is -5.43. The molecule has 7 heterocycles. The number of thiazole rings is 1. The molecule has 4 aliphatic heterocycles. The minimum Gasteiger partial charge on any atom is -0.464 e. The van der Waals surface area contributed by atoms with Crippen molar-refractivity contribution < 1.29 is 33.4 Å².